The fourth-order valence-electron chi connectivity index (χ4n) is 1.93. The van der Waals surface area contributed by atoms with Crippen LogP contribution in [-0.4, -0.2) is 25.7 Å². The summed E-state index contributed by atoms with van der Waals surface area (Å²) in [6.07, 6.45) is 0.537. The van der Waals surface area contributed by atoms with Crippen molar-refractivity contribution in [2.75, 3.05) is 7.11 Å². The van der Waals surface area contributed by atoms with Crippen molar-refractivity contribution in [2.45, 2.75) is 39.0 Å². The van der Waals surface area contributed by atoms with Crippen LogP contribution in [0, 0.1) is 0 Å². The minimum Gasteiger partial charge on any atom is -0.468 e. The molecule has 0 aromatic heterocycles. The highest BCUT2D eigenvalue weighted by atomic mass is 19.3. The highest BCUT2D eigenvalue weighted by molar-refractivity contribution is 5.75. The molecule has 0 saturated carbocycles. The van der Waals surface area contributed by atoms with Crippen LogP contribution in [0.15, 0.2) is 24.3 Å². The molecule has 1 N–H and O–H groups in total. The third-order valence-electron chi connectivity index (χ3n) is 2.95. The van der Waals surface area contributed by atoms with Gasteiger partial charge in [0.15, 0.2) is 0 Å². The van der Waals surface area contributed by atoms with Gasteiger partial charge in [0.1, 0.15) is 11.8 Å². The number of carbonyl (C=O) groups is 1. The molecule has 0 aliphatic heterocycles. The van der Waals surface area contributed by atoms with Crippen LogP contribution in [0.25, 0.3) is 0 Å². The highest BCUT2D eigenvalue weighted by Crippen LogP contribution is 2.26. The number of hydrogen-bond donors (Lipinski definition) is 1. The van der Waals surface area contributed by atoms with Crippen LogP contribution in [0.4, 0.5) is 8.78 Å². The standard InChI is InChI=1S/C14H19F2NO3/c1-4-11(13(18)19-3)17-9(2)10-7-5-6-8-12(10)20-14(15)16/h5-9,11,14,17H,4H2,1-3H3. The van der Waals surface area contributed by atoms with E-state index in [1.54, 1.807) is 25.1 Å². The van der Waals surface area contributed by atoms with E-state index in [4.69, 9.17) is 0 Å². The summed E-state index contributed by atoms with van der Waals surface area (Å²) >= 11 is 0. The van der Waals surface area contributed by atoms with Crippen molar-refractivity contribution in [1.82, 2.24) is 5.32 Å². The first-order valence-electron chi connectivity index (χ1n) is 6.37. The molecule has 0 aliphatic rings. The van der Waals surface area contributed by atoms with Crippen LogP contribution >= 0.6 is 0 Å². The van der Waals surface area contributed by atoms with Crippen LogP contribution in [0.1, 0.15) is 31.9 Å². The minimum absolute atomic E-state index is 0.0993. The van der Waals surface area contributed by atoms with E-state index in [1.165, 1.54) is 13.2 Å². The van der Waals surface area contributed by atoms with Gasteiger partial charge in [-0.25, -0.2) is 0 Å². The second-order valence-electron chi connectivity index (χ2n) is 4.29. The molecule has 1 rings (SSSR count). The Morgan fingerprint density at radius 1 is 1.35 bits per heavy atom. The quantitative estimate of drug-likeness (QED) is 0.783. The minimum atomic E-state index is -2.88. The van der Waals surface area contributed by atoms with Gasteiger partial charge in [-0.2, -0.15) is 8.78 Å². The van der Waals surface area contributed by atoms with Gasteiger partial charge in [0.05, 0.1) is 7.11 Å². The Labute approximate surface area is 117 Å². The molecule has 0 aliphatic carbocycles. The third kappa shape index (κ3) is 4.45. The Bertz CT molecular complexity index is 440. The summed E-state index contributed by atoms with van der Waals surface area (Å²) in [6.45, 7) is 0.730. The van der Waals surface area contributed by atoms with E-state index >= 15 is 0 Å². The molecular formula is C14H19F2NO3. The Balaban J connectivity index is 2.85. The maximum Gasteiger partial charge on any atom is 0.387 e. The number of ether oxygens (including phenoxy) is 2. The number of benzene rings is 1. The van der Waals surface area contributed by atoms with Gasteiger partial charge >= 0.3 is 12.6 Å². The van der Waals surface area contributed by atoms with Crippen molar-refractivity contribution >= 4 is 5.97 Å². The molecule has 0 bridgehead atoms. The maximum absolute atomic E-state index is 12.4. The number of carbonyl (C=O) groups excluding carboxylic acids is 1. The second kappa shape index (κ2) is 7.79. The smallest absolute Gasteiger partial charge is 0.387 e. The monoisotopic (exact) mass is 287 g/mol. The summed E-state index contributed by atoms with van der Waals surface area (Å²) in [5, 5.41) is 3.05. The topological polar surface area (TPSA) is 47.6 Å². The number of alkyl halides is 2. The lowest BCUT2D eigenvalue weighted by molar-refractivity contribution is -0.143. The van der Waals surface area contributed by atoms with Crippen LogP contribution < -0.4 is 10.1 Å². The van der Waals surface area contributed by atoms with E-state index in [0.29, 0.717) is 12.0 Å². The van der Waals surface area contributed by atoms with Gasteiger partial charge in [0.2, 0.25) is 0 Å². The van der Waals surface area contributed by atoms with Gasteiger partial charge < -0.3 is 9.47 Å². The van der Waals surface area contributed by atoms with Gasteiger partial charge in [-0.1, -0.05) is 25.1 Å². The lowest BCUT2D eigenvalue weighted by atomic mass is 10.1. The number of halogens is 2. The summed E-state index contributed by atoms with van der Waals surface area (Å²) in [6, 6.07) is 5.68. The Hall–Kier alpha value is -1.69. The van der Waals surface area contributed by atoms with Gasteiger partial charge in [-0.05, 0) is 19.4 Å². The molecule has 4 nitrogen and oxygen atoms in total. The predicted molar refractivity (Wildman–Crippen MR) is 70.7 cm³/mol. The van der Waals surface area contributed by atoms with E-state index in [-0.39, 0.29) is 17.8 Å². The Morgan fingerprint density at radius 3 is 2.55 bits per heavy atom. The van der Waals surface area contributed by atoms with Gasteiger partial charge in [-0.3, -0.25) is 10.1 Å². The number of rotatable bonds is 7. The van der Waals surface area contributed by atoms with Crippen molar-refractivity contribution in [3.63, 3.8) is 0 Å². The zero-order chi connectivity index (χ0) is 15.1. The van der Waals surface area contributed by atoms with Crippen LogP contribution in [0.5, 0.6) is 5.75 Å². The first-order chi connectivity index (χ1) is 9.49. The molecule has 2 atom stereocenters. The highest BCUT2D eigenvalue weighted by Gasteiger charge is 2.22. The van der Waals surface area contributed by atoms with Gasteiger partial charge in [-0.15, -0.1) is 0 Å². The summed E-state index contributed by atoms with van der Waals surface area (Å²) in [5.74, 6) is -0.283. The first-order valence-corrected chi connectivity index (χ1v) is 6.37. The second-order valence-corrected chi connectivity index (χ2v) is 4.29. The first kappa shape index (κ1) is 16.4. The summed E-state index contributed by atoms with van der Waals surface area (Å²) in [5.41, 5.74) is 0.565. The lowest BCUT2D eigenvalue weighted by Crippen LogP contribution is -2.38. The Morgan fingerprint density at radius 2 is 2.00 bits per heavy atom. The van der Waals surface area contributed by atoms with Gasteiger partial charge in [0.25, 0.3) is 0 Å². The molecule has 0 amide bonds. The van der Waals surface area contributed by atoms with E-state index in [2.05, 4.69) is 14.8 Å². The molecule has 0 spiro atoms. The molecule has 112 valence electrons. The molecule has 0 fully saturated rings. The zero-order valence-corrected chi connectivity index (χ0v) is 11.7. The average Bonchev–Trinajstić information content (AvgIpc) is 2.43. The number of hydrogen-bond acceptors (Lipinski definition) is 4. The molecular weight excluding hydrogens is 268 g/mol. The van der Waals surface area contributed by atoms with E-state index < -0.39 is 12.7 Å². The van der Waals surface area contributed by atoms with Crippen LogP contribution in [-0.2, 0) is 9.53 Å². The summed E-state index contributed by atoms with van der Waals surface area (Å²) < 4.78 is 33.9. The van der Waals surface area contributed by atoms with Crippen molar-refractivity contribution in [2.24, 2.45) is 0 Å². The van der Waals surface area contributed by atoms with Crippen LogP contribution in [0.3, 0.4) is 0 Å². The molecule has 2 unspecified atom stereocenters. The normalized spacial score (nSPS) is 13.9. The molecule has 0 heterocycles. The fourth-order valence-corrected chi connectivity index (χ4v) is 1.93. The van der Waals surface area contributed by atoms with E-state index in [1.807, 2.05) is 6.92 Å². The molecule has 1 aromatic rings. The largest absolute Gasteiger partial charge is 0.468 e. The molecule has 0 radical (unpaired) electrons. The summed E-state index contributed by atoms with van der Waals surface area (Å²) in [7, 11) is 1.31. The lowest BCUT2D eigenvalue weighted by Gasteiger charge is -2.22. The maximum atomic E-state index is 12.4. The van der Waals surface area contributed by atoms with Crippen molar-refractivity contribution in [1.29, 1.82) is 0 Å². The Kier molecular flexibility index (Phi) is 6.38. The van der Waals surface area contributed by atoms with Crippen molar-refractivity contribution in [3.05, 3.63) is 29.8 Å². The van der Waals surface area contributed by atoms with Crippen LogP contribution in [0.2, 0.25) is 0 Å². The fraction of sp³-hybridized carbons (Fsp3) is 0.500. The number of methoxy groups -OCH3 is 1. The molecule has 6 heteroatoms. The molecule has 0 saturated heterocycles. The SMILES string of the molecule is CCC(NC(C)c1ccccc1OC(F)F)C(=O)OC. The summed E-state index contributed by atoms with van der Waals surface area (Å²) in [4.78, 5) is 11.5. The number of para-hydroxylation sites is 1. The molecule has 20 heavy (non-hydrogen) atoms. The van der Waals surface area contributed by atoms with E-state index in [9.17, 15) is 13.6 Å². The zero-order valence-electron chi connectivity index (χ0n) is 11.7. The van der Waals surface area contributed by atoms with Gasteiger partial charge in [0, 0.05) is 11.6 Å². The average molecular weight is 287 g/mol. The number of nitrogens with one attached hydrogen (secondary N) is 1. The van der Waals surface area contributed by atoms with Crippen molar-refractivity contribution < 1.29 is 23.0 Å². The number of esters is 1. The van der Waals surface area contributed by atoms with E-state index in [0.717, 1.165) is 0 Å². The molecule has 1 aromatic carbocycles. The van der Waals surface area contributed by atoms with Crippen molar-refractivity contribution in [3.8, 4) is 5.75 Å². The predicted octanol–water partition coefficient (Wildman–Crippen LogP) is 2.89. The third-order valence-corrected chi connectivity index (χ3v) is 2.95.